The predicted octanol–water partition coefficient (Wildman–Crippen LogP) is 5.38. The Morgan fingerprint density at radius 3 is 1.84 bits per heavy atom. The topological polar surface area (TPSA) is 212 Å². The molecule has 0 saturated carbocycles. The van der Waals surface area contributed by atoms with Gasteiger partial charge in [0.15, 0.2) is 9.84 Å². The van der Waals surface area contributed by atoms with Gasteiger partial charge in [0.1, 0.15) is 40.3 Å². The number of amides is 4. The maximum absolute atomic E-state index is 14.4. The van der Waals surface area contributed by atoms with Crippen molar-refractivity contribution in [2.75, 3.05) is 6.26 Å². The highest BCUT2D eigenvalue weighted by molar-refractivity contribution is 7.96. The Balaban J connectivity index is 1.98. The molecule has 0 aliphatic heterocycles. The minimum atomic E-state index is -3.93. The standard InChI is InChI=1S/C44H57ClN4O11S/c1-27(2)38(41(54)46-31(23-35(45)61(9,56)57)24-36(50)59-43(3,4)5)49-40(53)33(22-30-20-15-19-29-18-13-14-21-32(29)30)47-39(52)34(25-37(51)60-44(6,7)8)48-42(55)58-26-28-16-11-10-12-17-28/h10-21,23,27,31,33-34,38H,22,24-26H2,1-9H3,(H,46,54)(H,47,52)(H,48,55)(H,49,53). The molecule has 61 heavy (non-hydrogen) atoms. The molecule has 0 radical (unpaired) electrons. The van der Waals surface area contributed by atoms with Crippen LogP contribution in [-0.2, 0) is 61.0 Å². The third kappa shape index (κ3) is 17.6. The fraction of sp³-hybridized carbons (Fsp3) is 0.455. The first kappa shape index (κ1) is 49.9. The zero-order chi connectivity index (χ0) is 45.7. The monoisotopic (exact) mass is 884 g/mol. The van der Waals surface area contributed by atoms with Crippen LogP contribution >= 0.6 is 11.6 Å². The molecule has 4 amide bonds. The molecule has 0 aliphatic carbocycles. The molecule has 4 unspecified atom stereocenters. The summed E-state index contributed by atoms with van der Waals surface area (Å²) in [5, 5.41) is 12.0. The molecule has 4 atom stereocenters. The Kier molecular flexibility index (Phi) is 17.9. The fourth-order valence-corrected chi connectivity index (χ4v) is 6.46. The average molecular weight is 885 g/mol. The van der Waals surface area contributed by atoms with Gasteiger partial charge in [-0.1, -0.05) is 98.2 Å². The van der Waals surface area contributed by atoms with E-state index in [0.717, 1.165) is 23.1 Å². The lowest BCUT2D eigenvalue weighted by Crippen LogP contribution is -2.59. The maximum atomic E-state index is 14.4. The first-order valence-corrected chi connectivity index (χ1v) is 21.9. The lowest BCUT2D eigenvalue weighted by atomic mass is 9.97. The number of hydrogen-bond acceptors (Lipinski definition) is 11. The Morgan fingerprint density at radius 1 is 0.689 bits per heavy atom. The minimum Gasteiger partial charge on any atom is -0.460 e. The van der Waals surface area contributed by atoms with Crippen LogP contribution in [0.3, 0.4) is 0 Å². The summed E-state index contributed by atoms with van der Waals surface area (Å²) in [6.45, 7) is 13.0. The van der Waals surface area contributed by atoms with Crippen LogP contribution in [0.4, 0.5) is 4.79 Å². The Bertz CT molecular complexity index is 2180. The van der Waals surface area contributed by atoms with E-state index in [4.69, 9.17) is 25.8 Å². The third-order valence-electron chi connectivity index (χ3n) is 8.62. The van der Waals surface area contributed by atoms with Gasteiger partial charge in [-0.3, -0.25) is 24.0 Å². The van der Waals surface area contributed by atoms with Gasteiger partial charge in [-0.15, -0.1) is 0 Å². The van der Waals surface area contributed by atoms with Crippen molar-refractivity contribution in [1.29, 1.82) is 0 Å². The Labute approximate surface area is 362 Å². The Hall–Kier alpha value is -5.48. The van der Waals surface area contributed by atoms with Crippen LogP contribution in [0.25, 0.3) is 10.8 Å². The molecule has 0 aliphatic rings. The normalized spacial score (nSPS) is 14.2. The summed E-state index contributed by atoms with van der Waals surface area (Å²) in [5.41, 5.74) is -0.488. The first-order valence-electron chi connectivity index (χ1n) is 19.7. The number of hydrogen-bond donors (Lipinski definition) is 4. The quantitative estimate of drug-likeness (QED) is 0.0942. The van der Waals surface area contributed by atoms with Crippen LogP contribution in [0.15, 0.2) is 83.2 Å². The van der Waals surface area contributed by atoms with Gasteiger partial charge in [0.25, 0.3) is 0 Å². The Morgan fingerprint density at radius 2 is 1.25 bits per heavy atom. The van der Waals surface area contributed by atoms with Crippen molar-refractivity contribution >= 4 is 68.0 Å². The second kappa shape index (κ2) is 21.9. The van der Waals surface area contributed by atoms with E-state index in [1.54, 1.807) is 97.9 Å². The van der Waals surface area contributed by atoms with E-state index in [1.807, 2.05) is 30.3 Å². The van der Waals surface area contributed by atoms with Gasteiger partial charge in [0.2, 0.25) is 17.7 Å². The number of fused-ring (bicyclic) bond motifs is 1. The summed E-state index contributed by atoms with van der Waals surface area (Å²) >= 11 is 6.05. The number of rotatable bonds is 18. The number of sulfone groups is 1. The average Bonchev–Trinajstić information content (AvgIpc) is 3.13. The maximum Gasteiger partial charge on any atom is 0.408 e. The molecular formula is C44H57ClN4O11S. The van der Waals surface area contributed by atoms with Crippen molar-refractivity contribution in [1.82, 2.24) is 21.3 Å². The first-order chi connectivity index (χ1) is 28.3. The number of nitrogens with one attached hydrogen (secondary N) is 4. The van der Waals surface area contributed by atoms with Crippen LogP contribution < -0.4 is 21.3 Å². The van der Waals surface area contributed by atoms with Gasteiger partial charge in [0.05, 0.1) is 18.9 Å². The molecule has 15 nitrogen and oxygen atoms in total. The molecule has 0 saturated heterocycles. The molecule has 3 rings (SSSR count). The van der Waals surface area contributed by atoms with E-state index in [9.17, 15) is 37.2 Å². The summed E-state index contributed by atoms with van der Waals surface area (Å²) in [6, 6.07) is 16.1. The molecule has 4 N–H and O–H groups in total. The number of halogens is 1. The van der Waals surface area contributed by atoms with E-state index in [1.165, 1.54) is 0 Å². The van der Waals surface area contributed by atoms with Gasteiger partial charge < -0.3 is 35.5 Å². The molecule has 17 heteroatoms. The summed E-state index contributed by atoms with van der Waals surface area (Å²) in [4.78, 5) is 81.4. The highest BCUT2D eigenvalue weighted by Gasteiger charge is 2.34. The van der Waals surface area contributed by atoms with Crippen molar-refractivity contribution < 1.29 is 51.4 Å². The largest absolute Gasteiger partial charge is 0.460 e. The minimum absolute atomic E-state index is 0.100. The third-order valence-corrected chi connectivity index (χ3v) is 10.4. The second-order valence-corrected chi connectivity index (χ2v) is 19.4. The van der Waals surface area contributed by atoms with E-state index in [0.29, 0.717) is 11.1 Å². The van der Waals surface area contributed by atoms with Crippen molar-refractivity contribution in [2.45, 2.75) is 117 Å². The van der Waals surface area contributed by atoms with E-state index < -0.39 is 104 Å². The van der Waals surface area contributed by atoms with Crippen molar-refractivity contribution in [3.05, 3.63) is 94.4 Å². The zero-order valence-electron chi connectivity index (χ0n) is 36.0. The molecule has 0 heterocycles. The number of alkyl carbamates (subject to hydrolysis) is 1. The van der Waals surface area contributed by atoms with Gasteiger partial charge >= 0.3 is 18.0 Å². The molecule has 3 aromatic carbocycles. The molecule has 332 valence electrons. The van der Waals surface area contributed by atoms with Gasteiger partial charge in [-0.05, 0) is 75.4 Å². The van der Waals surface area contributed by atoms with Crippen molar-refractivity contribution in [3.8, 4) is 0 Å². The summed E-state index contributed by atoms with van der Waals surface area (Å²) < 4.78 is 39.9. The van der Waals surface area contributed by atoms with E-state index in [2.05, 4.69) is 21.3 Å². The molecule has 0 spiro atoms. The predicted molar refractivity (Wildman–Crippen MR) is 232 cm³/mol. The molecule has 0 aromatic heterocycles. The number of benzene rings is 3. The van der Waals surface area contributed by atoms with Crippen LogP contribution in [0, 0.1) is 5.92 Å². The van der Waals surface area contributed by atoms with E-state index >= 15 is 0 Å². The summed E-state index contributed by atoms with van der Waals surface area (Å²) in [5.74, 6) is -4.69. The van der Waals surface area contributed by atoms with Crippen LogP contribution in [0.5, 0.6) is 0 Å². The second-order valence-electron chi connectivity index (χ2n) is 16.8. The molecule has 3 aromatic rings. The highest BCUT2D eigenvalue weighted by atomic mass is 35.5. The lowest BCUT2D eigenvalue weighted by molar-refractivity contribution is -0.157. The van der Waals surface area contributed by atoms with E-state index in [-0.39, 0.29) is 13.0 Å². The van der Waals surface area contributed by atoms with Crippen LogP contribution in [0.1, 0.15) is 79.4 Å². The molecule has 0 bridgehead atoms. The highest BCUT2D eigenvalue weighted by Crippen LogP contribution is 2.21. The number of esters is 2. The summed E-state index contributed by atoms with van der Waals surface area (Å²) in [6.07, 6.45) is -0.355. The van der Waals surface area contributed by atoms with Crippen molar-refractivity contribution in [3.63, 3.8) is 0 Å². The van der Waals surface area contributed by atoms with Crippen molar-refractivity contribution in [2.24, 2.45) is 5.92 Å². The number of carbonyl (C=O) groups excluding carboxylic acids is 6. The summed E-state index contributed by atoms with van der Waals surface area (Å²) in [7, 11) is -3.93. The number of ether oxygens (including phenoxy) is 3. The fourth-order valence-electron chi connectivity index (χ4n) is 5.90. The SMILES string of the molecule is CC(C)C(NC(=O)C(Cc1cccc2ccccc12)NC(=O)C(CC(=O)OC(C)(C)C)NC(=O)OCc1ccccc1)C(=O)NC(C=C(Cl)S(C)(=O)=O)CC(=O)OC(C)(C)C. The van der Waals surface area contributed by atoms with Gasteiger partial charge in [-0.25, -0.2) is 13.2 Å². The van der Waals surface area contributed by atoms with Gasteiger partial charge in [0, 0.05) is 12.7 Å². The molecular weight excluding hydrogens is 828 g/mol. The van der Waals surface area contributed by atoms with Gasteiger partial charge in [-0.2, -0.15) is 0 Å². The smallest absolute Gasteiger partial charge is 0.408 e. The van der Waals surface area contributed by atoms with Crippen LogP contribution in [-0.4, -0.2) is 85.8 Å². The number of carbonyl (C=O) groups is 6. The zero-order valence-corrected chi connectivity index (χ0v) is 37.6. The molecule has 0 fully saturated rings. The van der Waals surface area contributed by atoms with Crippen LogP contribution in [0.2, 0.25) is 0 Å². The lowest BCUT2D eigenvalue weighted by Gasteiger charge is -2.28.